The number of nitrogens with two attached hydrogens (primary N) is 1. The highest BCUT2D eigenvalue weighted by atomic mass is 32.1. The molecule has 0 amide bonds. The van der Waals surface area contributed by atoms with Gasteiger partial charge in [0.25, 0.3) is 0 Å². The van der Waals surface area contributed by atoms with Crippen LogP contribution in [0.4, 0.5) is 15.8 Å². The van der Waals surface area contributed by atoms with E-state index >= 15 is 0 Å². The van der Waals surface area contributed by atoms with Crippen LogP contribution in [0.1, 0.15) is 16.7 Å². The lowest BCUT2D eigenvalue weighted by atomic mass is 10.1. The Kier molecular flexibility index (Phi) is 3.75. The van der Waals surface area contributed by atoms with Gasteiger partial charge in [-0.2, -0.15) is 0 Å². The number of halogens is 1. The molecular weight excluding hydrogens is 285 g/mol. The van der Waals surface area contributed by atoms with Crippen molar-refractivity contribution >= 4 is 33.6 Å². The molecule has 108 valence electrons. The Balaban J connectivity index is 1.93. The van der Waals surface area contributed by atoms with Crippen molar-refractivity contribution in [2.24, 2.45) is 0 Å². The van der Waals surface area contributed by atoms with Crippen molar-refractivity contribution in [2.45, 2.75) is 19.9 Å². The van der Waals surface area contributed by atoms with Crippen molar-refractivity contribution in [3.8, 4) is 0 Å². The van der Waals surface area contributed by atoms with E-state index in [1.54, 1.807) is 23.6 Å². The number of fused-ring (bicyclic) bond motifs is 1. The molecule has 3 N–H and O–H groups in total. The average Bonchev–Trinajstić information content (AvgIpc) is 2.95. The molecule has 0 saturated carbocycles. The minimum absolute atomic E-state index is 0.369. The summed E-state index contributed by atoms with van der Waals surface area (Å²) in [5.41, 5.74) is 7.24. The van der Waals surface area contributed by atoms with Gasteiger partial charge in [-0.05, 0) is 36.8 Å². The SMILES string of the molecule is CCc1ccc(CNc2c(F)cc(N)c3cccnc23)s1. The molecule has 0 bridgehead atoms. The third-order valence-electron chi connectivity index (χ3n) is 3.38. The monoisotopic (exact) mass is 301 g/mol. The van der Waals surface area contributed by atoms with Crippen LogP contribution >= 0.6 is 11.3 Å². The van der Waals surface area contributed by atoms with E-state index in [9.17, 15) is 4.39 Å². The van der Waals surface area contributed by atoms with Crippen LogP contribution in [0.5, 0.6) is 0 Å². The lowest BCUT2D eigenvalue weighted by Crippen LogP contribution is -2.03. The quantitative estimate of drug-likeness (QED) is 0.710. The highest BCUT2D eigenvalue weighted by Crippen LogP contribution is 2.30. The van der Waals surface area contributed by atoms with Gasteiger partial charge in [0.2, 0.25) is 0 Å². The summed E-state index contributed by atoms with van der Waals surface area (Å²) in [6, 6.07) is 9.17. The van der Waals surface area contributed by atoms with Gasteiger partial charge in [0, 0.05) is 33.6 Å². The molecule has 21 heavy (non-hydrogen) atoms. The van der Waals surface area contributed by atoms with Crippen LogP contribution in [0.25, 0.3) is 10.9 Å². The molecular formula is C16H16FN3S. The Bertz CT molecular complexity index is 782. The molecule has 0 fully saturated rings. The smallest absolute Gasteiger partial charge is 0.150 e. The Morgan fingerprint density at radius 3 is 2.86 bits per heavy atom. The van der Waals surface area contributed by atoms with E-state index in [0.717, 1.165) is 11.8 Å². The molecule has 0 saturated heterocycles. The van der Waals surface area contributed by atoms with Crippen molar-refractivity contribution < 1.29 is 4.39 Å². The van der Waals surface area contributed by atoms with Crippen LogP contribution in [0.2, 0.25) is 0 Å². The average molecular weight is 301 g/mol. The van der Waals surface area contributed by atoms with E-state index in [4.69, 9.17) is 5.73 Å². The fourth-order valence-corrected chi connectivity index (χ4v) is 3.19. The molecule has 3 nitrogen and oxygen atoms in total. The summed E-state index contributed by atoms with van der Waals surface area (Å²) in [6.45, 7) is 2.71. The molecule has 3 rings (SSSR count). The van der Waals surface area contributed by atoms with E-state index < -0.39 is 0 Å². The molecule has 3 aromatic rings. The molecule has 0 atom stereocenters. The number of aryl methyl sites for hydroxylation is 1. The number of hydrogen-bond acceptors (Lipinski definition) is 4. The minimum Gasteiger partial charge on any atom is -0.398 e. The van der Waals surface area contributed by atoms with Crippen molar-refractivity contribution in [1.82, 2.24) is 4.98 Å². The number of rotatable bonds is 4. The van der Waals surface area contributed by atoms with Crippen molar-refractivity contribution in [3.63, 3.8) is 0 Å². The Hall–Kier alpha value is -2.14. The molecule has 2 heterocycles. The van der Waals surface area contributed by atoms with Crippen LogP contribution in [0.3, 0.4) is 0 Å². The number of hydrogen-bond donors (Lipinski definition) is 2. The maximum absolute atomic E-state index is 14.2. The van der Waals surface area contributed by atoms with Gasteiger partial charge in [-0.25, -0.2) is 4.39 Å². The second-order valence-corrected chi connectivity index (χ2v) is 6.05. The van der Waals surface area contributed by atoms with Gasteiger partial charge in [-0.15, -0.1) is 11.3 Å². The summed E-state index contributed by atoms with van der Waals surface area (Å²) in [5, 5.41) is 3.92. The van der Waals surface area contributed by atoms with Crippen LogP contribution in [-0.4, -0.2) is 4.98 Å². The molecule has 0 aliphatic heterocycles. The van der Waals surface area contributed by atoms with Gasteiger partial charge in [0.05, 0.1) is 11.2 Å². The van der Waals surface area contributed by atoms with Gasteiger partial charge in [0.1, 0.15) is 0 Å². The predicted molar refractivity (Wildman–Crippen MR) is 87.1 cm³/mol. The van der Waals surface area contributed by atoms with Gasteiger partial charge in [-0.3, -0.25) is 4.98 Å². The zero-order valence-electron chi connectivity index (χ0n) is 11.7. The topological polar surface area (TPSA) is 50.9 Å². The fourth-order valence-electron chi connectivity index (χ4n) is 2.29. The number of anilines is 2. The Morgan fingerprint density at radius 1 is 1.29 bits per heavy atom. The second-order valence-electron chi connectivity index (χ2n) is 4.80. The van der Waals surface area contributed by atoms with Gasteiger partial charge in [0.15, 0.2) is 5.82 Å². The van der Waals surface area contributed by atoms with E-state index in [2.05, 4.69) is 29.4 Å². The standard InChI is InChI=1S/C16H16FN3S/c1-2-10-5-6-11(21-10)9-20-16-13(17)8-14(18)12-4-3-7-19-15(12)16/h3-8,20H,2,9,18H2,1H3. The predicted octanol–water partition coefficient (Wildman–Crippen LogP) is 4.19. The second kappa shape index (κ2) is 5.69. The number of pyridine rings is 1. The highest BCUT2D eigenvalue weighted by Gasteiger charge is 2.12. The first kappa shape index (κ1) is 13.8. The summed E-state index contributed by atoms with van der Waals surface area (Å²) in [6.07, 6.45) is 2.66. The number of benzene rings is 1. The number of nitrogens with zero attached hydrogens (tertiary/aromatic N) is 1. The number of nitrogens with one attached hydrogen (secondary N) is 1. The van der Waals surface area contributed by atoms with Gasteiger partial charge >= 0.3 is 0 Å². The summed E-state index contributed by atoms with van der Waals surface area (Å²) >= 11 is 1.74. The normalized spacial score (nSPS) is 11.0. The van der Waals surface area contributed by atoms with E-state index in [0.29, 0.717) is 23.4 Å². The molecule has 0 aliphatic rings. The summed E-state index contributed by atoms with van der Waals surface area (Å²) < 4.78 is 14.2. The molecule has 0 radical (unpaired) electrons. The molecule has 0 unspecified atom stereocenters. The number of nitrogen functional groups attached to an aromatic ring is 1. The number of aromatic nitrogens is 1. The molecule has 0 spiro atoms. The highest BCUT2D eigenvalue weighted by molar-refractivity contribution is 7.12. The Labute approximate surface area is 126 Å². The van der Waals surface area contributed by atoms with Crippen LogP contribution < -0.4 is 11.1 Å². The maximum atomic E-state index is 14.2. The summed E-state index contributed by atoms with van der Waals surface area (Å²) in [5.74, 6) is -0.369. The minimum atomic E-state index is -0.369. The van der Waals surface area contributed by atoms with E-state index in [1.807, 2.05) is 6.07 Å². The van der Waals surface area contributed by atoms with Gasteiger partial charge in [-0.1, -0.05) is 6.92 Å². The molecule has 2 aromatic heterocycles. The molecule has 1 aromatic carbocycles. The lowest BCUT2D eigenvalue weighted by Gasteiger charge is -2.11. The van der Waals surface area contributed by atoms with Crippen LogP contribution in [0, 0.1) is 5.82 Å². The Morgan fingerprint density at radius 2 is 2.10 bits per heavy atom. The fraction of sp³-hybridized carbons (Fsp3) is 0.188. The third kappa shape index (κ3) is 2.69. The third-order valence-corrected chi connectivity index (χ3v) is 4.61. The molecule has 0 aliphatic carbocycles. The first-order valence-corrected chi connectivity index (χ1v) is 7.65. The van der Waals surface area contributed by atoms with E-state index in [1.165, 1.54) is 15.8 Å². The summed E-state index contributed by atoms with van der Waals surface area (Å²) in [4.78, 5) is 6.76. The van der Waals surface area contributed by atoms with E-state index in [-0.39, 0.29) is 5.82 Å². The van der Waals surface area contributed by atoms with Crippen molar-refractivity contribution in [3.05, 3.63) is 52.1 Å². The van der Waals surface area contributed by atoms with Crippen LogP contribution in [0.15, 0.2) is 36.5 Å². The number of thiophene rings is 1. The maximum Gasteiger partial charge on any atom is 0.150 e. The first-order chi connectivity index (χ1) is 10.2. The zero-order valence-corrected chi connectivity index (χ0v) is 12.5. The van der Waals surface area contributed by atoms with Crippen LogP contribution in [-0.2, 0) is 13.0 Å². The summed E-state index contributed by atoms with van der Waals surface area (Å²) in [7, 11) is 0. The largest absolute Gasteiger partial charge is 0.398 e. The zero-order chi connectivity index (χ0) is 14.8. The van der Waals surface area contributed by atoms with Gasteiger partial charge < -0.3 is 11.1 Å². The molecule has 5 heteroatoms. The van der Waals surface area contributed by atoms with Crippen molar-refractivity contribution in [2.75, 3.05) is 11.1 Å². The van der Waals surface area contributed by atoms with Crippen molar-refractivity contribution in [1.29, 1.82) is 0 Å². The lowest BCUT2D eigenvalue weighted by molar-refractivity contribution is 0.632. The first-order valence-electron chi connectivity index (χ1n) is 6.83.